The summed E-state index contributed by atoms with van der Waals surface area (Å²) >= 11 is 3.38. The van der Waals surface area contributed by atoms with E-state index in [4.69, 9.17) is 0 Å². The summed E-state index contributed by atoms with van der Waals surface area (Å²) < 4.78 is 2.81. The zero-order chi connectivity index (χ0) is 13.4. The van der Waals surface area contributed by atoms with Crippen LogP contribution in [0.2, 0.25) is 0 Å². The first-order chi connectivity index (χ1) is 9.16. The number of hydrogen-bond donors (Lipinski definition) is 0. The Morgan fingerprint density at radius 2 is 1.79 bits per heavy atom. The topological polar surface area (TPSA) is 48.1 Å². The average Bonchev–Trinajstić information content (AvgIpc) is 2.83. The number of hydrogen-bond acceptors (Lipinski definition) is 2. The lowest BCUT2D eigenvalue weighted by atomic mass is 10.2. The average molecular weight is 317 g/mol. The van der Waals surface area contributed by atoms with Crippen LogP contribution in [0, 0.1) is 10.1 Å². The molecule has 1 heterocycles. The number of rotatable bonds is 2. The van der Waals surface area contributed by atoms with Crippen molar-refractivity contribution in [1.29, 1.82) is 0 Å². The molecule has 0 bridgehead atoms. The van der Waals surface area contributed by atoms with Crippen LogP contribution in [0.4, 0.5) is 5.69 Å². The van der Waals surface area contributed by atoms with Crippen LogP contribution >= 0.6 is 15.9 Å². The largest absolute Gasteiger partial charge is 0.311 e. The third kappa shape index (κ3) is 2.02. The van der Waals surface area contributed by atoms with Gasteiger partial charge in [-0.05, 0) is 30.3 Å². The van der Waals surface area contributed by atoms with Crippen molar-refractivity contribution in [1.82, 2.24) is 4.57 Å². The van der Waals surface area contributed by atoms with E-state index in [9.17, 15) is 10.1 Å². The minimum atomic E-state index is -0.350. The zero-order valence-electron chi connectivity index (χ0n) is 9.79. The van der Waals surface area contributed by atoms with Gasteiger partial charge in [0.2, 0.25) is 0 Å². The predicted octanol–water partition coefficient (Wildman–Crippen LogP) is 4.30. The third-order valence-corrected chi connectivity index (χ3v) is 3.52. The first-order valence-corrected chi connectivity index (χ1v) is 6.46. The molecule has 1 aromatic heterocycles. The lowest BCUT2D eigenvalue weighted by Gasteiger charge is -2.06. The fourth-order valence-electron chi connectivity index (χ4n) is 2.14. The fourth-order valence-corrected chi connectivity index (χ4v) is 2.40. The van der Waals surface area contributed by atoms with Gasteiger partial charge in [-0.15, -0.1) is 0 Å². The van der Waals surface area contributed by atoms with Crippen molar-refractivity contribution >= 4 is 32.5 Å². The summed E-state index contributed by atoms with van der Waals surface area (Å²) in [7, 11) is 0. The highest BCUT2D eigenvalue weighted by Gasteiger charge is 2.15. The Labute approximate surface area is 117 Å². The first kappa shape index (κ1) is 11.9. The second-order valence-electron chi connectivity index (χ2n) is 4.13. The normalized spacial score (nSPS) is 10.8. The van der Waals surface area contributed by atoms with Crippen molar-refractivity contribution in [3.63, 3.8) is 0 Å². The quantitative estimate of drug-likeness (QED) is 0.522. The number of aromatic nitrogens is 1. The molecule has 3 rings (SSSR count). The highest BCUT2D eigenvalue weighted by Crippen LogP contribution is 2.29. The van der Waals surface area contributed by atoms with Crippen LogP contribution in [0.1, 0.15) is 0 Å². The molecule has 2 aromatic carbocycles. The Morgan fingerprint density at radius 3 is 2.47 bits per heavy atom. The maximum atomic E-state index is 11.1. The number of non-ortho nitro benzene ring substituents is 1. The maximum Gasteiger partial charge on any atom is 0.293 e. The van der Waals surface area contributed by atoms with E-state index < -0.39 is 0 Å². The predicted molar refractivity (Wildman–Crippen MR) is 77.6 cm³/mol. The van der Waals surface area contributed by atoms with Crippen molar-refractivity contribution < 1.29 is 4.92 Å². The van der Waals surface area contributed by atoms with Crippen molar-refractivity contribution in [2.45, 2.75) is 0 Å². The molecule has 0 spiro atoms. The van der Waals surface area contributed by atoms with Gasteiger partial charge in [-0.25, -0.2) is 0 Å². The van der Waals surface area contributed by atoms with Crippen LogP contribution in [0.5, 0.6) is 0 Å². The SMILES string of the molecule is O=[N+]([O-])c1cccc2ccn(-c3ccc(Br)cc3)c12. The highest BCUT2D eigenvalue weighted by atomic mass is 79.9. The summed E-state index contributed by atoms with van der Waals surface area (Å²) in [6.07, 6.45) is 1.85. The summed E-state index contributed by atoms with van der Waals surface area (Å²) in [6, 6.07) is 14.6. The van der Waals surface area contributed by atoms with Gasteiger partial charge in [0.1, 0.15) is 5.52 Å². The molecule has 0 atom stereocenters. The summed E-state index contributed by atoms with van der Waals surface area (Å²) in [5, 5.41) is 12.0. The molecule has 5 heteroatoms. The summed E-state index contributed by atoms with van der Waals surface area (Å²) in [4.78, 5) is 10.8. The van der Waals surface area contributed by atoms with Crippen molar-refractivity contribution in [2.24, 2.45) is 0 Å². The lowest BCUT2D eigenvalue weighted by Crippen LogP contribution is -1.96. The zero-order valence-corrected chi connectivity index (χ0v) is 11.4. The van der Waals surface area contributed by atoms with Gasteiger partial charge >= 0.3 is 0 Å². The molecule has 19 heavy (non-hydrogen) atoms. The van der Waals surface area contributed by atoms with Gasteiger partial charge in [-0.3, -0.25) is 10.1 Å². The van der Waals surface area contributed by atoms with Crippen LogP contribution in [0.25, 0.3) is 16.6 Å². The molecule has 0 N–H and O–H groups in total. The second-order valence-corrected chi connectivity index (χ2v) is 5.05. The highest BCUT2D eigenvalue weighted by molar-refractivity contribution is 9.10. The molecular weight excluding hydrogens is 308 g/mol. The van der Waals surface area contributed by atoms with E-state index in [0.717, 1.165) is 15.5 Å². The van der Waals surface area contributed by atoms with Gasteiger partial charge in [0.25, 0.3) is 5.69 Å². The van der Waals surface area contributed by atoms with E-state index in [1.165, 1.54) is 6.07 Å². The van der Waals surface area contributed by atoms with Crippen molar-refractivity contribution in [3.05, 3.63) is 69.3 Å². The number of nitrogens with zero attached hydrogens (tertiary/aromatic N) is 2. The van der Waals surface area contributed by atoms with Gasteiger partial charge in [0, 0.05) is 27.8 Å². The molecule has 0 amide bonds. The van der Waals surface area contributed by atoms with Crippen molar-refractivity contribution in [2.75, 3.05) is 0 Å². The molecule has 94 valence electrons. The number of fused-ring (bicyclic) bond motifs is 1. The van der Waals surface area contributed by atoms with Gasteiger partial charge in [-0.2, -0.15) is 0 Å². The van der Waals surface area contributed by atoms with E-state index in [2.05, 4.69) is 15.9 Å². The molecule has 0 aliphatic carbocycles. The minimum Gasteiger partial charge on any atom is -0.311 e. The molecular formula is C14H9BrN2O2. The van der Waals surface area contributed by atoms with Gasteiger partial charge in [0.05, 0.1) is 4.92 Å². The Hall–Kier alpha value is -2.14. The van der Waals surface area contributed by atoms with E-state index in [0.29, 0.717) is 5.52 Å². The summed E-state index contributed by atoms with van der Waals surface area (Å²) in [5.74, 6) is 0. The van der Waals surface area contributed by atoms with Crippen LogP contribution < -0.4 is 0 Å². The number of para-hydroxylation sites is 1. The van der Waals surface area contributed by atoms with E-state index in [1.54, 1.807) is 6.07 Å². The molecule has 0 radical (unpaired) electrons. The molecule has 0 saturated heterocycles. The number of halogens is 1. The molecule has 0 saturated carbocycles. The smallest absolute Gasteiger partial charge is 0.293 e. The fraction of sp³-hybridized carbons (Fsp3) is 0. The van der Waals surface area contributed by atoms with Crippen LogP contribution in [0.15, 0.2) is 59.2 Å². The Kier molecular flexibility index (Phi) is 2.83. The molecule has 3 aromatic rings. The van der Waals surface area contributed by atoms with E-state index >= 15 is 0 Å². The molecule has 0 aliphatic rings. The molecule has 4 nitrogen and oxygen atoms in total. The summed E-state index contributed by atoms with van der Waals surface area (Å²) in [6.45, 7) is 0. The monoisotopic (exact) mass is 316 g/mol. The Bertz CT molecular complexity index is 763. The Balaban J connectivity index is 2.30. The van der Waals surface area contributed by atoms with Gasteiger partial charge in [-0.1, -0.05) is 28.1 Å². The Morgan fingerprint density at radius 1 is 1.05 bits per heavy atom. The van der Waals surface area contributed by atoms with E-state index in [1.807, 2.05) is 47.2 Å². The molecule has 0 fully saturated rings. The number of nitro benzene ring substituents is 1. The number of nitro groups is 1. The standard InChI is InChI=1S/C14H9BrN2O2/c15-11-4-6-12(7-5-11)16-9-8-10-2-1-3-13(14(10)16)17(18)19/h1-9H. The van der Waals surface area contributed by atoms with Gasteiger partial charge < -0.3 is 4.57 Å². The van der Waals surface area contributed by atoms with Crippen LogP contribution in [0.3, 0.4) is 0 Å². The second kappa shape index (κ2) is 4.51. The molecule has 0 aliphatic heterocycles. The number of benzene rings is 2. The van der Waals surface area contributed by atoms with Crippen LogP contribution in [-0.4, -0.2) is 9.49 Å². The van der Waals surface area contributed by atoms with Crippen molar-refractivity contribution in [3.8, 4) is 5.69 Å². The van der Waals surface area contributed by atoms with Gasteiger partial charge in [0.15, 0.2) is 0 Å². The molecule has 0 unspecified atom stereocenters. The minimum absolute atomic E-state index is 0.116. The maximum absolute atomic E-state index is 11.1. The summed E-state index contributed by atoms with van der Waals surface area (Å²) in [5.41, 5.74) is 1.63. The van der Waals surface area contributed by atoms with Crippen LogP contribution in [-0.2, 0) is 0 Å². The third-order valence-electron chi connectivity index (χ3n) is 2.99. The first-order valence-electron chi connectivity index (χ1n) is 5.67. The van der Waals surface area contributed by atoms with E-state index in [-0.39, 0.29) is 10.6 Å². The lowest BCUT2D eigenvalue weighted by molar-refractivity contribution is -0.383.